The summed E-state index contributed by atoms with van der Waals surface area (Å²) in [5, 5.41) is 12.3. The number of aliphatic hydroxyl groups is 1. The molecule has 1 unspecified atom stereocenters. The minimum absolute atomic E-state index is 0.230. The van der Waals surface area contributed by atoms with Crippen molar-refractivity contribution in [1.29, 1.82) is 0 Å². The smallest absolute Gasteiger partial charge is 0.0587 e. The van der Waals surface area contributed by atoms with Gasteiger partial charge in [-0.25, -0.2) is 0 Å². The van der Waals surface area contributed by atoms with E-state index in [2.05, 4.69) is 30.4 Å². The molecule has 1 aliphatic heterocycles. The highest BCUT2D eigenvalue weighted by Gasteiger charge is 2.16. The Hall–Kier alpha value is -0.860. The van der Waals surface area contributed by atoms with Crippen molar-refractivity contribution in [3.8, 4) is 0 Å². The third-order valence-electron chi connectivity index (χ3n) is 2.63. The second-order valence-corrected chi connectivity index (χ2v) is 3.74. The highest BCUT2D eigenvalue weighted by Crippen LogP contribution is 2.17. The van der Waals surface area contributed by atoms with Crippen molar-refractivity contribution in [3.05, 3.63) is 34.9 Å². The fourth-order valence-corrected chi connectivity index (χ4v) is 1.84. The van der Waals surface area contributed by atoms with Crippen LogP contribution in [0.4, 0.5) is 0 Å². The van der Waals surface area contributed by atoms with Crippen molar-refractivity contribution < 1.29 is 5.11 Å². The lowest BCUT2D eigenvalue weighted by molar-refractivity contribution is 0.236. The Kier molecular flexibility index (Phi) is 2.34. The molecule has 1 atom stereocenters. The standard InChI is InChI=1S/C11H15NO/c1-8-2-3-9-6-12-11(7-13)5-10(9)4-8/h2-4,11-13H,5-7H2,1H3. The van der Waals surface area contributed by atoms with E-state index in [1.54, 1.807) is 0 Å². The maximum atomic E-state index is 9.02. The highest BCUT2D eigenvalue weighted by atomic mass is 16.3. The van der Waals surface area contributed by atoms with Crippen LogP contribution in [-0.4, -0.2) is 17.8 Å². The maximum Gasteiger partial charge on any atom is 0.0587 e. The molecule has 2 nitrogen and oxygen atoms in total. The molecule has 0 spiro atoms. The molecule has 0 bridgehead atoms. The Morgan fingerprint density at radius 2 is 2.31 bits per heavy atom. The average Bonchev–Trinajstić information content (AvgIpc) is 2.16. The van der Waals surface area contributed by atoms with Gasteiger partial charge in [0.15, 0.2) is 0 Å². The summed E-state index contributed by atoms with van der Waals surface area (Å²) in [6, 6.07) is 6.78. The molecule has 1 aliphatic rings. The number of benzene rings is 1. The van der Waals surface area contributed by atoms with Gasteiger partial charge >= 0.3 is 0 Å². The van der Waals surface area contributed by atoms with Gasteiger partial charge in [0.25, 0.3) is 0 Å². The van der Waals surface area contributed by atoms with E-state index < -0.39 is 0 Å². The third-order valence-corrected chi connectivity index (χ3v) is 2.63. The Labute approximate surface area is 78.6 Å². The van der Waals surface area contributed by atoms with Gasteiger partial charge in [-0.1, -0.05) is 23.8 Å². The summed E-state index contributed by atoms with van der Waals surface area (Å²) in [5.74, 6) is 0. The molecule has 1 aromatic carbocycles. The number of hydrogen-bond donors (Lipinski definition) is 2. The largest absolute Gasteiger partial charge is 0.395 e. The van der Waals surface area contributed by atoms with Crippen LogP contribution in [0.15, 0.2) is 18.2 Å². The highest BCUT2D eigenvalue weighted by molar-refractivity contribution is 5.33. The van der Waals surface area contributed by atoms with Crippen molar-refractivity contribution in [3.63, 3.8) is 0 Å². The summed E-state index contributed by atoms with van der Waals surface area (Å²) >= 11 is 0. The zero-order chi connectivity index (χ0) is 9.26. The number of rotatable bonds is 1. The molecule has 0 aromatic heterocycles. The van der Waals surface area contributed by atoms with Gasteiger partial charge < -0.3 is 10.4 Å². The normalized spacial score (nSPS) is 21.2. The Morgan fingerprint density at radius 3 is 3.08 bits per heavy atom. The van der Waals surface area contributed by atoms with Crippen molar-refractivity contribution in [2.24, 2.45) is 0 Å². The number of fused-ring (bicyclic) bond motifs is 1. The van der Waals surface area contributed by atoms with Crippen LogP contribution in [0, 0.1) is 6.92 Å². The van der Waals surface area contributed by atoms with E-state index in [1.807, 2.05) is 0 Å². The molecule has 2 rings (SSSR count). The topological polar surface area (TPSA) is 32.3 Å². The minimum Gasteiger partial charge on any atom is -0.395 e. The van der Waals surface area contributed by atoms with Crippen molar-refractivity contribution in [1.82, 2.24) is 5.32 Å². The van der Waals surface area contributed by atoms with Crippen molar-refractivity contribution in [2.75, 3.05) is 6.61 Å². The van der Waals surface area contributed by atoms with Gasteiger partial charge in [0, 0.05) is 12.6 Å². The lowest BCUT2D eigenvalue weighted by atomic mass is 9.95. The average molecular weight is 177 g/mol. The summed E-state index contributed by atoms with van der Waals surface area (Å²) in [7, 11) is 0. The van der Waals surface area contributed by atoms with Gasteiger partial charge in [0.1, 0.15) is 0 Å². The van der Waals surface area contributed by atoms with Crippen molar-refractivity contribution in [2.45, 2.75) is 25.9 Å². The number of hydrogen-bond acceptors (Lipinski definition) is 2. The van der Waals surface area contributed by atoms with Crippen LogP contribution in [0.2, 0.25) is 0 Å². The van der Waals surface area contributed by atoms with Crippen LogP contribution >= 0.6 is 0 Å². The number of nitrogens with one attached hydrogen (secondary N) is 1. The molecule has 1 aromatic rings. The molecule has 13 heavy (non-hydrogen) atoms. The zero-order valence-electron chi connectivity index (χ0n) is 7.88. The number of aliphatic hydroxyl groups excluding tert-OH is 1. The van der Waals surface area contributed by atoms with Crippen LogP contribution in [0.5, 0.6) is 0 Å². The van der Waals surface area contributed by atoms with E-state index in [9.17, 15) is 0 Å². The molecule has 0 saturated heterocycles. The van der Waals surface area contributed by atoms with Crippen LogP contribution in [0.25, 0.3) is 0 Å². The first-order valence-electron chi connectivity index (χ1n) is 4.72. The first kappa shape index (κ1) is 8.73. The molecule has 0 fully saturated rings. The van der Waals surface area contributed by atoms with E-state index in [4.69, 9.17) is 5.11 Å². The van der Waals surface area contributed by atoms with E-state index in [-0.39, 0.29) is 12.6 Å². The molecular formula is C11H15NO. The molecular weight excluding hydrogens is 162 g/mol. The molecule has 0 radical (unpaired) electrons. The SMILES string of the molecule is Cc1ccc2c(c1)CC(CO)NC2. The molecule has 0 aliphatic carbocycles. The third kappa shape index (κ3) is 1.74. The minimum atomic E-state index is 0.230. The van der Waals surface area contributed by atoms with Gasteiger partial charge in [0.05, 0.1) is 6.61 Å². The van der Waals surface area contributed by atoms with E-state index in [0.29, 0.717) is 0 Å². The Morgan fingerprint density at radius 1 is 1.46 bits per heavy atom. The van der Waals surface area contributed by atoms with Gasteiger partial charge in [-0.15, -0.1) is 0 Å². The van der Waals surface area contributed by atoms with E-state index in [1.165, 1.54) is 16.7 Å². The molecule has 0 amide bonds. The predicted molar refractivity (Wildman–Crippen MR) is 52.6 cm³/mol. The second-order valence-electron chi connectivity index (χ2n) is 3.74. The predicted octanol–water partition coefficient (Wildman–Crippen LogP) is 1.00. The summed E-state index contributed by atoms with van der Waals surface area (Å²) in [6.45, 7) is 3.23. The van der Waals surface area contributed by atoms with Gasteiger partial charge in [-0.05, 0) is 24.5 Å². The summed E-state index contributed by atoms with van der Waals surface area (Å²) in [5.41, 5.74) is 4.06. The Bertz CT molecular complexity index is 309. The fraction of sp³-hybridized carbons (Fsp3) is 0.455. The zero-order valence-corrected chi connectivity index (χ0v) is 7.88. The first-order valence-corrected chi connectivity index (χ1v) is 4.72. The van der Waals surface area contributed by atoms with Crippen LogP contribution in [0.3, 0.4) is 0 Å². The lowest BCUT2D eigenvalue weighted by Gasteiger charge is -2.24. The van der Waals surface area contributed by atoms with E-state index >= 15 is 0 Å². The molecule has 70 valence electrons. The summed E-state index contributed by atoms with van der Waals surface area (Å²) in [4.78, 5) is 0. The summed E-state index contributed by atoms with van der Waals surface area (Å²) in [6.07, 6.45) is 0.952. The lowest BCUT2D eigenvalue weighted by Crippen LogP contribution is -2.38. The second kappa shape index (κ2) is 3.48. The van der Waals surface area contributed by atoms with Crippen LogP contribution in [-0.2, 0) is 13.0 Å². The van der Waals surface area contributed by atoms with Crippen LogP contribution in [0.1, 0.15) is 16.7 Å². The maximum absolute atomic E-state index is 9.02. The molecule has 2 heteroatoms. The van der Waals surface area contributed by atoms with Gasteiger partial charge in [-0.2, -0.15) is 0 Å². The number of aryl methyl sites for hydroxylation is 1. The van der Waals surface area contributed by atoms with Gasteiger partial charge in [-0.3, -0.25) is 0 Å². The molecule has 2 N–H and O–H groups in total. The van der Waals surface area contributed by atoms with E-state index in [0.717, 1.165) is 13.0 Å². The summed E-state index contributed by atoms with van der Waals surface area (Å²) < 4.78 is 0. The molecule has 0 saturated carbocycles. The van der Waals surface area contributed by atoms with Crippen molar-refractivity contribution >= 4 is 0 Å². The first-order chi connectivity index (χ1) is 6.29. The Balaban J connectivity index is 2.27. The quantitative estimate of drug-likeness (QED) is 0.670. The van der Waals surface area contributed by atoms with Gasteiger partial charge in [0.2, 0.25) is 0 Å². The van der Waals surface area contributed by atoms with Crippen LogP contribution < -0.4 is 5.32 Å². The fourth-order valence-electron chi connectivity index (χ4n) is 1.84. The monoisotopic (exact) mass is 177 g/mol. The molecule has 1 heterocycles.